The number of carbonyl (C=O) groups is 1. The predicted octanol–water partition coefficient (Wildman–Crippen LogP) is 2.98. The molecule has 3 nitrogen and oxygen atoms in total. The second-order valence-corrected chi connectivity index (χ2v) is 5.01. The third kappa shape index (κ3) is 2.81. The zero-order valence-electron chi connectivity index (χ0n) is 10.6. The maximum atomic E-state index is 13.8. The van der Waals surface area contributed by atoms with Gasteiger partial charge >= 0.3 is 0 Å². The number of anilines is 1. The lowest BCUT2D eigenvalue weighted by Crippen LogP contribution is -2.25. The minimum absolute atomic E-state index is 0.0221. The molecule has 3 N–H and O–H groups in total. The van der Waals surface area contributed by atoms with Gasteiger partial charge in [0.15, 0.2) is 0 Å². The summed E-state index contributed by atoms with van der Waals surface area (Å²) in [5, 5.41) is 3.27. The summed E-state index contributed by atoms with van der Waals surface area (Å²) in [5.74, 6) is -1.26. The Kier molecular flexibility index (Phi) is 3.84. The van der Waals surface area contributed by atoms with Gasteiger partial charge in [0.25, 0.3) is 5.91 Å². The summed E-state index contributed by atoms with van der Waals surface area (Å²) < 4.78 is 13.8. The van der Waals surface area contributed by atoms with Crippen molar-refractivity contribution >= 4 is 11.6 Å². The Morgan fingerprint density at radius 2 is 2.00 bits per heavy atom. The molecule has 1 aromatic rings. The molecule has 98 valence electrons. The van der Waals surface area contributed by atoms with Gasteiger partial charge in [-0.15, -0.1) is 0 Å². The van der Waals surface area contributed by atoms with E-state index in [4.69, 9.17) is 5.73 Å². The van der Waals surface area contributed by atoms with E-state index in [9.17, 15) is 9.18 Å². The first-order chi connectivity index (χ1) is 8.58. The van der Waals surface area contributed by atoms with Gasteiger partial charge in [-0.1, -0.05) is 19.3 Å². The molecule has 0 radical (unpaired) electrons. The molecule has 1 saturated carbocycles. The van der Waals surface area contributed by atoms with Crippen molar-refractivity contribution in [1.29, 1.82) is 0 Å². The molecule has 4 heteroatoms. The van der Waals surface area contributed by atoms with E-state index in [0.717, 1.165) is 18.4 Å². The molecule has 0 saturated heterocycles. The van der Waals surface area contributed by atoms with Crippen LogP contribution in [0.2, 0.25) is 0 Å². The summed E-state index contributed by atoms with van der Waals surface area (Å²) in [6, 6.07) is 3.45. The lowest BCUT2D eigenvalue weighted by atomic mass is 9.95. The molecule has 2 rings (SSSR count). The number of aryl methyl sites for hydroxylation is 1. The number of hydrogen-bond acceptors (Lipinski definition) is 2. The molecule has 1 aliphatic carbocycles. The Hall–Kier alpha value is -1.58. The van der Waals surface area contributed by atoms with Crippen LogP contribution in [0.3, 0.4) is 0 Å². The van der Waals surface area contributed by atoms with Crippen molar-refractivity contribution in [1.82, 2.24) is 0 Å². The maximum absolute atomic E-state index is 13.8. The second-order valence-electron chi connectivity index (χ2n) is 5.01. The highest BCUT2D eigenvalue weighted by Gasteiger charge is 2.19. The molecular formula is C14H19FN2O. The number of nitrogens with two attached hydrogens (primary N) is 1. The number of benzene rings is 1. The van der Waals surface area contributed by atoms with Crippen LogP contribution in [0.15, 0.2) is 12.1 Å². The monoisotopic (exact) mass is 250 g/mol. The van der Waals surface area contributed by atoms with E-state index in [-0.39, 0.29) is 5.56 Å². The fourth-order valence-corrected chi connectivity index (χ4v) is 2.57. The molecule has 0 heterocycles. The van der Waals surface area contributed by atoms with Gasteiger partial charge in [-0.05, 0) is 37.5 Å². The molecule has 0 aliphatic heterocycles. The van der Waals surface area contributed by atoms with E-state index in [1.54, 1.807) is 13.0 Å². The van der Waals surface area contributed by atoms with Gasteiger partial charge in [-0.2, -0.15) is 0 Å². The normalized spacial score (nSPS) is 16.6. The molecule has 0 bridgehead atoms. The highest BCUT2D eigenvalue weighted by molar-refractivity contribution is 5.99. The topological polar surface area (TPSA) is 55.1 Å². The summed E-state index contributed by atoms with van der Waals surface area (Å²) in [4.78, 5) is 11.3. The Morgan fingerprint density at radius 3 is 2.61 bits per heavy atom. The van der Waals surface area contributed by atoms with Crippen LogP contribution >= 0.6 is 0 Å². The summed E-state index contributed by atoms with van der Waals surface area (Å²) in [6.07, 6.45) is 5.74. The number of nitrogens with one attached hydrogen (secondary N) is 1. The minimum atomic E-state index is -0.717. The fraction of sp³-hybridized carbons (Fsp3) is 0.500. The van der Waals surface area contributed by atoms with E-state index in [1.807, 2.05) is 0 Å². The third-order valence-electron chi connectivity index (χ3n) is 3.45. The van der Waals surface area contributed by atoms with E-state index >= 15 is 0 Å². The van der Waals surface area contributed by atoms with Crippen LogP contribution in [-0.2, 0) is 0 Å². The van der Waals surface area contributed by atoms with Crippen LogP contribution in [0.5, 0.6) is 0 Å². The lowest BCUT2D eigenvalue weighted by Gasteiger charge is -2.25. The Morgan fingerprint density at radius 1 is 1.33 bits per heavy atom. The van der Waals surface area contributed by atoms with Gasteiger partial charge in [-0.25, -0.2) is 4.39 Å². The fourth-order valence-electron chi connectivity index (χ4n) is 2.57. The molecular weight excluding hydrogens is 231 g/mol. The summed E-state index contributed by atoms with van der Waals surface area (Å²) >= 11 is 0. The van der Waals surface area contributed by atoms with Gasteiger partial charge in [-0.3, -0.25) is 4.79 Å². The zero-order valence-corrected chi connectivity index (χ0v) is 10.6. The molecule has 0 atom stereocenters. The highest BCUT2D eigenvalue weighted by Crippen LogP contribution is 2.26. The predicted molar refractivity (Wildman–Crippen MR) is 70.2 cm³/mol. The van der Waals surface area contributed by atoms with Gasteiger partial charge < -0.3 is 11.1 Å². The standard InChI is InChI=1S/C14H19FN2O/c1-9-7-11(15)13(14(16)18)12(8-9)17-10-5-3-2-4-6-10/h7-8,10,17H,2-6H2,1H3,(H2,16,18). The summed E-state index contributed by atoms with van der Waals surface area (Å²) in [6.45, 7) is 1.81. The van der Waals surface area contributed by atoms with Crippen molar-refractivity contribution < 1.29 is 9.18 Å². The van der Waals surface area contributed by atoms with Crippen molar-refractivity contribution in [2.45, 2.75) is 45.1 Å². The number of amides is 1. The van der Waals surface area contributed by atoms with Crippen LogP contribution < -0.4 is 11.1 Å². The third-order valence-corrected chi connectivity index (χ3v) is 3.45. The Labute approximate surface area is 107 Å². The van der Waals surface area contributed by atoms with Crippen LogP contribution in [0, 0.1) is 12.7 Å². The van der Waals surface area contributed by atoms with E-state index in [2.05, 4.69) is 5.32 Å². The van der Waals surface area contributed by atoms with Crippen LogP contribution in [0.1, 0.15) is 48.0 Å². The summed E-state index contributed by atoms with van der Waals surface area (Å²) in [5.41, 5.74) is 6.55. The first kappa shape index (κ1) is 12.9. The van der Waals surface area contributed by atoms with Crippen LogP contribution in [0.4, 0.5) is 10.1 Å². The van der Waals surface area contributed by atoms with Gasteiger partial charge in [0, 0.05) is 6.04 Å². The van der Waals surface area contributed by atoms with E-state index in [0.29, 0.717) is 11.7 Å². The number of primary amides is 1. The minimum Gasteiger partial charge on any atom is -0.382 e. The van der Waals surface area contributed by atoms with Gasteiger partial charge in [0.1, 0.15) is 5.82 Å². The average molecular weight is 250 g/mol. The zero-order chi connectivity index (χ0) is 13.1. The number of rotatable bonds is 3. The molecule has 1 fully saturated rings. The molecule has 0 spiro atoms. The van der Waals surface area contributed by atoms with Crippen molar-refractivity contribution in [3.8, 4) is 0 Å². The molecule has 1 amide bonds. The first-order valence-corrected chi connectivity index (χ1v) is 6.44. The van der Waals surface area contributed by atoms with Gasteiger partial charge in [0.05, 0.1) is 11.3 Å². The molecule has 0 unspecified atom stereocenters. The first-order valence-electron chi connectivity index (χ1n) is 6.44. The SMILES string of the molecule is Cc1cc(F)c(C(N)=O)c(NC2CCCCC2)c1. The Bertz CT molecular complexity index is 453. The molecule has 1 aromatic carbocycles. The van der Waals surface area contributed by atoms with E-state index < -0.39 is 11.7 Å². The number of hydrogen-bond donors (Lipinski definition) is 2. The maximum Gasteiger partial charge on any atom is 0.253 e. The summed E-state index contributed by atoms with van der Waals surface area (Å²) in [7, 11) is 0. The Balaban J connectivity index is 2.27. The number of carbonyl (C=O) groups excluding carboxylic acids is 1. The van der Waals surface area contributed by atoms with Crippen molar-refractivity contribution in [2.75, 3.05) is 5.32 Å². The van der Waals surface area contributed by atoms with Crippen molar-refractivity contribution in [3.63, 3.8) is 0 Å². The molecule has 18 heavy (non-hydrogen) atoms. The molecule has 0 aromatic heterocycles. The van der Waals surface area contributed by atoms with Crippen molar-refractivity contribution in [2.24, 2.45) is 5.73 Å². The largest absolute Gasteiger partial charge is 0.382 e. The van der Waals surface area contributed by atoms with E-state index in [1.165, 1.54) is 25.3 Å². The molecule has 1 aliphatic rings. The quantitative estimate of drug-likeness (QED) is 0.866. The average Bonchev–Trinajstić information content (AvgIpc) is 2.28. The van der Waals surface area contributed by atoms with Crippen LogP contribution in [0.25, 0.3) is 0 Å². The van der Waals surface area contributed by atoms with Crippen LogP contribution in [-0.4, -0.2) is 11.9 Å². The second kappa shape index (κ2) is 5.38. The number of halogens is 1. The smallest absolute Gasteiger partial charge is 0.253 e. The van der Waals surface area contributed by atoms with Crippen molar-refractivity contribution in [3.05, 3.63) is 29.1 Å². The van der Waals surface area contributed by atoms with Gasteiger partial charge in [0.2, 0.25) is 0 Å². The highest BCUT2D eigenvalue weighted by atomic mass is 19.1. The lowest BCUT2D eigenvalue weighted by molar-refractivity contribution is 0.0997.